The second-order valence-corrected chi connectivity index (χ2v) is 10.9. The lowest BCUT2D eigenvalue weighted by Gasteiger charge is -2.57. The van der Waals surface area contributed by atoms with E-state index in [1.807, 2.05) is 0 Å². The molecular weight excluding hydrogens is 429 g/mol. The minimum Gasteiger partial charge on any atom is -0.337 e. The van der Waals surface area contributed by atoms with Gasteiger partial charge < -0.3 is 9.80 Å². The van der Waals surface area contributed by atoms with Crippen molar-refractivity contribution in [2.24, 2.45) is 17.3 Å². The number of hydrogen-bond donors (Lipinski definition) is 0. The number of benzene rings is 1. The fraction of sp³-hybridized carbons (Fsp3) is 0.643. The molecule has 1 aromatic carbocycles. The quantitative estimate of drug-likeness (QED) is 0.497. The number of nitrogens with zero attached hydrogens (tertiary/aromatic N) is 3. The summed E-state index contributed by atoms with van der Waals surface area (Å²) in [5.41, 5.74) is 2.23. The molecule has 5 rings (SSSR count). The van der Waals surface area contributed by atoms with Gasteiger partial charge in [-0.25, -0.2) is 4.39 Å². The molecule has 2 unspecified atom stereocenters. The lowest BCUT2D eigenvalue weighted by Crippen LogP contribution is -2.52. The first-order valence-corrected chi connectivity index (χ1v) is 13.0. The number of carbonyl (C=O) groups excluding carboxylic acids is 2. The molecule has 2 amide bonds. The Morgan fingerprint density at radius 3 is 2.59 bits per heavy atom. The largest absolute Gasteiger partial charge is 0.337 e. The summed E-state index contributed by atoms with van der Waals surface area (Å²) < 4.78 is 13.5. The SMILES string of the molecule is CCCCC(=O)N(CCN1CCN(C(=O)c2cccc(F)c2)CC1)CC1=CCC2CC1C2(C)C. The van der Waals surface area contributed by atoms with E-state index in [0.717, 1.165) is 57.9 Å². The van der Waals surface area contributed by atoms with Gasteiger partial charge in [0.2, 0.25) is 5.91 Å². The Morgan fingerprint density at radius 1 is 1.18 bits per heavy atom. The summed E-state index contributed by atoms with van der Waals surface area (Å²) in [5, 5.41) is 0. The van der Waals surface area contributed by atoms with Crippen LogP contribution in [-0.2, 0) is 4.79 Å². The Morgan fingerprint density at radius 2 is 1.94 bits per heavy atom. The van der Waals surface area contributed by atoms with Crippen molar-refractivity contribution in [2.75, 3.05) is 45.8 Å². The van der Waals surface area contributed by atoms with Gasteiger partial charge in [-0.15, -0.1) is 0 Å². The van der Waals surface area contributed by atoms with Crippen LogP contribution in [0.25, 0.3) is 0 Å². The molecule has 1 saturated carbocycles. The van der Waals surface area contributed by atoms with E-state index < -0.39 is 0 Å². The van der Waals surface area contributed by atoms with Gasteiger partial charge in [0, 0.05) is 57.8 Å². The van der Waals surface area contributed by atoms with Crippen LogP contribution in [0.15, 0.2) is 35.9 Å². The van der Waals surface area contributed by atoms with Gasteiger partial charge in [-0.2, -0.15) is 0 Å². The van der Waals surface area contributed by atoms with Gasteiger partial charge in [0.05, 0.1) is 0 Å². The summed E-state index contributed by atoms with van der Waals surface area (Å²) in [5.74, 6) is 1.19. The van der Waals surface area contributed by atoms with Crippen LogP contribution in [0, 0.1) is 23.1 Å². The Bertz CT molecular complexity index is 920. The summed E-state index contributed by atoms with van der Waals surface area (Å²) in [6.45, 7) is 12.0. The molecule has 4 aliphatic rings. The zero-order chi connectivity index (χ0) is 24.3. The van der Waals surface area contributed by atoms with Gasteiger partial charge >= 0.3 is 0 Å². The highest BCUT2D eigenvalue weighted by molar-refractivity contribution is 5.94. The molecule has 2 fully saturated rings. The molecule has 1 aromatic rings. The molecular formula is C28H40FN3O2. The van der Waals surface area contributed by atoms with Crippen molar-refractivity contribution in [1.29, 1.82) is 0 Å². The third-order valence-corrected chi connectivity index (χ3v) is 8.47. The van der Waals surface area contributed by atoms with E-state index >= 15 is 0 Å². The lowest BCUT2D eigenvalue weighted by molar-refractivity contribution is -0.131. The number of allylic oxidation sites excluding steroid dienone is 1. The molecule has 2 bridgehead atoms. The number of piperazine rings is 1. The van der Waals surface area contributed by atoms with Crippen molar-refractivity contribution < 1.29 is 14.0 Å². The van der Waals surface area contributed by atoms with Crippen molar-refractivity contribution in [3.05, 3.63) is 47.3 Å². The number of unbranched alkanes of at least 4 members (excludes halogenated alkanes) is 1. The van der Waals surface area contributed by atoms with Gasteiger partial charge in [-0.05, 0) is 54.7 Å². The van der Waals surface area contributed by atoms with Gasteiger partial charge in [0.25, 0.3) is 5.91 Å². The number of hydrogen-bond acceptors (Lipinski definition) is 3. The van der Waals surface area contributed by atoms with Crippen molar-refractivity contribution in [3.63, 3.8) is 0 Å². The van der Waals surface area contributed by atoms with E-state index in [-0.39, 0.29) is 17.6 Å². The molecule has 0 spiro atoms. The van der Waals surface area contributed by atoms with E-state index in [0.29, 0.717) is 36.4 Å². The third kappa shape index (κ3) is 5.37. The van der Waals surface area contributed by atoms with E-state index in [9.17, 15) is 14.0 Å². The summed E-state index contributed by atoms with van der Waals surface area (Å²) >= 11 is 0. The Kier molecular flexibility index (Phi) is 7.76. The minimum atomic E-state index is -0.383. The number of amides is 2. The fourth-order valence-corrected chi connectivity index (χ4v) is 5.90. The van der Waals surface area contributed by atoms with Crippen molar-refractivity contribution in [3.8, 4) is 0 Å². The summed E-state index contributed by atoms with van der Waals surface area (Å²) in [6.07, 6.45) is 7.42. The Hall–Kier alpha value is -2.21. The van der Waals surface area contributed by atoms with E-state index in [1.54, 1.807) is 17.0 Å². The third-order valence-electron chi connectivity index (χ3n) is 8.47. The second kappa shape index (κ2) is 10.6. The second-order valence-electron chi connectivity index (χ2n) is 10.9. The molecule has 1 saturated heterocycles. The van der Waals surface area contributed by atoms with Gasteiger partial charge in [0.15, 0.2) is 0 Å². The maximum atomic E-state index is 13.5. The summed E-state index contributed by atoms with van der Waals surface area (Å²) in [7, 11) is 0. The van der Waals surface area contributed by atoms with Gasteiger partial charge in [-0.3, -0.25) is 14.5 Å². The normalized spacial score (nSPS) is 23.8. The van der Waals surface area contributed by atoms with E-state index in [1.165, 1.54) is 24.1 Å². The van der Waals surface area contributed by atoms with E-state index in [4.69, 9.17) is 0 Å². The molecule has 0 aromatic heterocycles. The van der Waals surface area contributed by atoms with Crippen LogP contribution >= 0.6 is 0 Å². The number of carbonyl (C=O) groups is 2. The monoisotopic (exact) mass is 469 g/mol. The average Bonchev–Trinajstić information content (AvgIpc) is 2.84. The molecule has 2 atom stereocenters. The Balaban J connectivity index is 1.31. The number of rotatable bonds is 9. The fourth-order valence-electron chi connectivity index (χ4n) is 5.90. The highest BCUT2D eigenvalue weighted by Crippen LogP contribution is 2.59. The van der Waals surface area contributed by atoms with Crippen LogP contribution in [0.4, 0.5) is 4.39 Å². The number of halogens is 1. The molecule has 1 aliphatic heterocycles. The average molecular weight is 470 g/mol. The standard InChI is InChI=1S/C28H40FN3O2/c1-4-5-9-26(33)32(20-22-10-11-23-19-25(22)28(23,2)3)17-14-30-12-15-31(16-13-30)27(34)21-7-6-8-24(29)18-21/h6-8,10,18,23,25H,4-5,9,11-17,19-20H2,1-3H3. The highest BCUT2D eigenvalue weighted by atomic mass is 19.1. The molecule has 0 N–H and O–H groups in total. The first kappa shape index (κ1) is 24.9. The smallest absolute Gasteiger partial charge is 0.254 e. The van der Waals surface area contributed by atoms with Crippen LogP contribution in [0.2, 0.25) is 0 Å². The maximum absolute atomic E-state index is 13.5. The maximum Gasteiger partial charge on any atom is 0.254 e. The van der Waals surface area contributed by atoms with Crippen LogP contribution in [0.3, 0.4) is 0 Å². The summed E-state index contributed by atoms with van der Waals surface area (Å²) in [6, 6.07) is 5.91. The summed E-state index contributed by atoms with van der Waals surface area (Å²) in [4.78, 5) is 32.0. The topological polar surface area (TPSA) is 43.9 Å². The van der Waals surface area contributed by atoms with Gasteiger partial charge in [-0.1, -0.05) is 44.9 Å². The lowest BCUT2D eigenvalue weighted by atomic mass is 9.49. The molecule has 186 valence electrons. The predicted molar refractivity (Wildman–Crippen MR) is 133 cm³/mol. The van der Waals surface area contributed by atoms with Crippen LogP contribution in [0.5, 0.6) is 0 Å². The zero-order valence-corrected chi connectivity index (χ0v) is 21.1. The van der Waals surface area contributed by atoms with Crippen molar-refractivity contribution in [2.45, 2.75) is 52.9 Å². The molecule has 3 aliphatic carbocycles. The van der Waals surface area contributed by atoms with E-state index in [2.05, 4.69) is 36.6 Å². The first-order chi connectivity index (χ1) is 16.3. The molecule has 34 heavy (non-hydrogen) atoms. The number of fused-ring (bicyclic) bond motifs is 1. The van der Waals surface area contributed by atoms with Crippen molar-refractivity contribution >= 4 is 11.8 Å². The zero-order valence-electron chi connectivity index (χ0n) is 21.1. The Labute approximate surface area is 204 Å². The highest BCUT2D eigenvalue weighted by Gasteiger charge is 2.51. The predicted octanol–water partition coefficient (Wildman–Crippen LogP) is 4.59. The molecule has 0 radical (unpaired) electrons. The molecule has 1 heterocycles. The van der Waals surface area contributed by atoms with Crippen LogP contribution in [0.1, 0.15) is 63.2 Å². The van der Waals surface area contributed by atoms with Gasteiger partial charge in [0.1, 0.15) is 5.82 Å². The van der Waals surface area contributed by atoms with Crippen LogP contribution < -0.4 is 0 Å². The minimum absolute atomic E-state index is 0.110. The first-order valence-electron chi connectivity index (χ1n) is 13.0. The van der Waals surface area contributed by atoms with Crippen LogP contribution in [-0.4, -0.2) is 72.3 Å². The van der Waals surface area contributed by atoms with Crippen molar-refractivity contribution in [1.82, 2.24) is 14.7 Å². The molecule has 6 heteroatoms. The molecule has 5 nitrogen and oxygen atoms in total.